The molecule has 4 heterocycles. The third-order valence-electron chi connectivity index (χ3n) is 16.1. The molecule has 0 aliphatic carbocycles. The van der Waals surface area contributed by atoms with Gasteiger partial charge < -0.3 is 14.4 Å². The number of para-hydroxylation sites is 4. The molecule has 0 unspecified atom stereocenters. The minimum absolute atomic E-state index is 0.690. The van der Waals surface area contributed by atoms with E-state index in [4.69, 9.17) is 8.75 Å². The van der Waals surface area contributed by atoms with Crippen LogP contribution >= 0.6 is 34.4 Å². The van der Waals surface area contributed by atoms with E-state index in [1.54, 1.807) is 11.3 Å². The van der Waals surface area contributed by atoms with Gasteiger partial charge in [0.15, 0.2) is 6.29 Å². The molecule has 11 aromatic carbocycles. The number of hydrogen-bond donors (Lipinski definition) is 0. The number of carbonyl (C=O) groups excluding carboxylic acids is 1. The lowest BCUT2D eigenvalue weighted by Crippen LogP contribution is -2.09. The monoisotopic (exact) mass is 1180 g/mol. The van der Waals surface area contributed by atoms with Crippen molar-refractivity contribution in [1.82, 2.24) is 13.3 Å². The summed E-state index contributed by atoms with van der Waals surface area (Å²) in [6, 6.07) is 104. The highest BCUT2D eigenvalue weighted by molar-refractivity contribution is 7.18. The Kier molecular flexibility index (Phi) is 14.6. The number of aldehydes is 1. The Morgan fingerprint density at radius 2 is 0.682 bits per heavy atom. The number of anilines is 6. The van der Waals surface area contributed by atoms with Crippen molar-refractivity contribution in [2.24, 2.45) is 0 Å². The summed E-state index contributed by atoms with van der Waals surface area (Å²) in [6.07, 6.45) is 9.64. The minimum atomic E-state index is 0.690. The maximum atomic E-state index is 11.6. The molecule has 0 radical (unpaired) electrons. The Labute approximate surface area is 522 Å². The average Bonchev–Trinajstić information content (AvgIpc) is 1.75. The van der Waals surface area contributed by atoms with Gasteiger partial charge in [-0.1, -0.05) is 194 Å². The Bertz CT molecular complexity index is 4700. The molecular weight excluding hydrogens is 1130 g/mol. The average molecular weight is 1180 g/mol. The lowest BCUT2D eigenvalue weighted by atomic mass is 9.99. The van der Waals surface area contributed by atoms with E-state index < -0.39 is 0 Å². The van der Waals surface area contributed by atoms with E-state index in [1.165, 1.54) is 33.8 Å². The molecule has 6 nitrogen and oxygen atoms in total. The van der Waals surface area contributed by atoms with Crippen LogP contribution in [0.1, 0.15) is 31.9 Å². The smallest absolute Gasteiger partial charge is 0.160 e. The fraction of sp³-hybridized carbons (Fsp3) is 0. The summed E-state index contributed by atoms with van der Waals surface area (Å²) in [5, 5.41) is 3.46. The van der Waals surface area contributed by atoms with Gasteiger partial charge in [0.25, 0.3) is 0 Å². The highest BCUT2D eigenvalue weighted by Crippen LogP contribution is 2.44. The van der Waals surface area contributed by atoms with E-state index in [-0.39, 0.29) is 0 Å². The second-order valence-electron chi connectivity index (χ2n) is 21.5. The maximum absolute atomic E-state index is 11.6. The summed E-state index contributed by atoms with van der Waals surface area (Å²) in [7, 11) is 0. The van der Waals surface area contributed by atoms with Crippen molar-refractivity contribution in [3.05, 3.63) is 318 Å². The van der Waals surface area contributed by atoms with Gasteiger partial charge in [0.2, 0.25) is 0 Å². The van der Waals surface area contributed by atoms with E-state index in [0.29, 0.717) is 4.88 Å². The van der Waals surface area contributed by atoms with Crippen LogP contribution < -0.4 is 9.80 Å². The zero-order valence-electron chi connectivity index (χ0n) is 47.5. The quantitative estimate of drug-likeness (QED) is 0.0713. The van der Waals surface area contributed by atoms with Gasteiger partial charge in [0, 0.05) is 65.8 Å². The summed E-state index contributed by atoms with van der Waals surface area (Å²) in [5.74, 6) is 0. The molecule has 0 spiro atoms. The molecular formula is C79H53N5OS3. The molecule has 15 rings (SSSR count). The highest BCUT2D eigenvalue weighted by atomic mass is 32.1. The number of aromatic nitrogens is 3. The standard InChI is InChI=1S/C79H53N5OS3/c85-53-68-43-48-75(86-68)69-44-45-70(79-78(69)80-88-81-79)76-49-50-77(87-76)84-73-46-37-60(58-33-25-54(26-34-58)21-23-56-29-39-66(40-30-56)82(62-13-5-1-6-14-62)63-15-7-2-8-16-63)51-71(73)72-52-61(38-47-74(72)84)59-35-27-55(28-36-59)22-24-57-31-41-67(42-32-57)83(64-17-9-3-10-18-64)65-19-11-4-12-20-65/h1-53H/b23-21+,24-22+. The van der Waals surface area contributed by atoms with Crippen LogP contribution in [-0.2, 0) is 0 Å². The molecule has 0 saturated heterocycles. The normalized spacial score (nSPS) is 11.6. The van der Waals surface area contributed by atoms with Crippen molar-refractivity contribution >= 4 is 132 Å². The number of hydrogen-bond acceptors (Lipinski definition) is 8. The molecule has 0 bridgehead atoms. The maximum Gasteiger partial charge on any atom is 0.160 e. The van der Waals surface area contributed by atoms with Gasteiger partial charge in [-0.3, -0.25) is 4.79 Å². The second kappa shape index (κ2) is 23.9. The van der Waals surface area contributed by atoms with Crippen molar-refractivity contribution in [2.45, 2.75) is 0 Å². The van der Waals surface area contributed by atoms with Crippen LogP contribution in [0, 0.1) is 0 Å². The van der Waals surface area contributed by atoms with Gasteiger partial charge in [-0.25, -0.2) is 0 Å². The predicted octanol–water partition coefficient (Wildman–Crippen LogP) is 22.7. The van der Waals surface area contributed by atoms with Crippen LogP contribution in [-0.4, -0.2) is 19.6 Å². The van der Waals surface area contributed by atoms with E-state index >= 15 is 0 Å². The number of benzene rings is 11. The van der Waals surface area contributed by atoms with Crippen LogP contribution in [0.25, 0.3) is 105 Å². The minimum Gasteiger partial charge on any atom is -0.311 e. The number of rotatable bonds is 16. The van der Waals surface area contributed by atoms with Crippen molar-refractivity contribution < 1.29 is 4.79 Å². The molecule has 4 aromatic heterocycles. The van der Waals surface area contributed by atoms with Crippen LogP contribution in [0.2, 0.25) is 0 Å². The van der Waals surface area contributed by atoms with Gasteiger partial charge in [0.1, 0.15) is 16.0 Å². The number of thiophene rings is 2. The van der Waals surface area contributed by atoms with E-state index in [9.17, 15) is 4.79 Å². The molecule has 0 aliphatic rings. The molecule has 418 valence electrons. The second-order valence-corrected chi connectivity index (χ2v) is 24.2. The first-order valence-electron chi connectivity index (χ1n) is 29.1. The lowest BCUT2D eigenvalue weighted by Gasteiger charge is -2.25. The zero-order chi connectivity index (χ0) is 58.8. The third-order valence-corrected chi connectivity index (χ3v) is 18.7. The largest absolute Gasteiger partial charge is 0.311 e. The summed E-state index contributed by atoms with van der Waals surface area (Å²) in [5.41, 5.74) is 21.8. The lowest BCUT2D eigenvalue weighted by molar-refractivity contribution is 0.112. The van der Waals surface area contributed by atoms with Crippen LogP contribution in [0.15, 0.2) is 291 Å². The molecule has 88 heavy (non-hydrogen) atoms. The van der Waals surface area contributed by atoms with E-state index in [2.05, 4.69) is 318 Å². The van der Waals surface area contributed by atoms with Crippen molar-refractivity contribution in [2.75, 3.05) is 9.80 Å². The van der Waals surface area contributed by atoms with E-state index in [0.717, 1.165) is 133 Å². The fourth-order valence-corrected chi connectivity index (χ4v) is 14.2. The molecule has 0 amide bonds. The number of nitrogens with zero attached hydrogens (tertiary/aromatic N) is 5. The summed E-state index contributed by atoms with van der Waals surface area (Å²) in [4.78, 5) is 19.0. The van der Waals surface area contributed by atoms with Crippen LogP contribution in [0.4, 0.5) is 34.1 Å². The Morgan fingerprint density at radius 3 is 1.07 bits per heavy atom. The summed E-state index contributed by atoms with van der Waals surface area (Å²) in [6.45, 7) is 0. The first-order valence-corrected chi connectivity index (χ1v) is 31.5. The zero-order valence-corrected chi connectivity index (χ0v) is 49.9. The molecule has 9 heteroatoms. The Morgan fingerprint density at radius 1 is 0.330 bits per heavy atom. The topological polar surface area (TPSA) is 54.3 Å². The van der Waals surface area contributed by atoms with Gasteiger partial charge in [-0.2, -0.15) is 8.75 Å². The Balaban J connectivity index is 0.731. The molecule has 0 aliphatic heterocycles. The molecule has 0 atom stereocenters. The van der Waals surface area contributed by atoms with Gasteiger partial charge in [-0.05, 0) is 166 Å². The third kappa shape index (κ3) is 10.8. The van der Waals surface area contributed by atoms with Gasteiger partial charge in [0.05, 0.1) is 27.6 Å². The number of fused-ring (bicyclic) bond motifs is 4. The van der Waals surface area contributed by atoms with Crippen molar-refractivity contribution in [3.63, 3.8) is 0 Å². The van der Waals surface area contributed by atoms with Crippen molar-refractivity contribution in [3.8, 4) is 48.1 Å². The van der Waals surface area contributed by atoms with Crippen molar-refractivity contribution in [1.29, 1.82) is 0 Å². The predicted molar refractivity (Wildman–Crippen MR) is 375 cm³/mol. The number of carbonyl (C=O) groups is 1. The first kappa shape index (κ1) is 53.9. The molecule has 0 fully saturated rings. The Hall–Kier alpha value is -10.8. The first-order chi connectivity index (χ1) is 43.5. The van der Waals surface area contributed by atoms with E-state index in [1.807, 2.05) is 12.1 Å². The van der Waals surface area contributed by atoms with Gasteiger partial charge >= 0.3 is 0 Å². The summed E-state index contributed by atoms with van der Waals surface area (Å²) < 4.78 is 12.0. The summed E-state index contributed by atoms with van der Waals surface area (Å²) >= 11 is 4.44. The van der Waals surface area contributed by atoms with Crippen LogP contribution in [0.3, 0.4) is 0 Å². The fourth-order valence-electron chi connectivity index (χ4n) is 11.7. The SMILES string of the molecule is O=Cc1ccc(-c2ccc(-c3ccc(-n4c5ccc(-c6ccc(/C=C/c7ccc(N(c8ccccc8)c8ccccc8)cc7)cc6)cc5c5cc(-c6ccc(/C=C/c7ccc(N(c8ccccc8)c8ccccc8)cc7)cc6)ccc54)s3)c3nsnc23)s1. The highest BCUT2D eigenvalue weighted by Gasteiger charge is 2.21. The molecule has 0 N–H and O–H groups in total. The molecule has 0 saturated carbocycles. The van der Waals surface area contributed by atoms with Crippen LogP contribution in [0.5, 0.6) is 0 Å². The molecule has 15 aromatic rings. The van der Waals surface area contributed by atoms with Gasteiger partial charge in [-0.15, -0.1) is 22.7 Å².